The molecule has 0 amide bonds. The summed E-state index contributed by atoms with van der Waals surface area (Å²) in [5.74, 6) is 1.03. The van der Waals surface area contributed by atoms with Gasteiger partial charge in [0.2, 0.25) is 0 Å². The third-order valence-electron chi connectivity index (χ3n) is 3.76. The lowest BCUT2D eigenvalue weighted by atomic mass is 9.93. The lowest BCUT2D eigenvalue weighted by Gasteiger charge is -2.23. The van der Waals surface area contributed by atoms with E-state index >= 15 is 0 Å². The lowest BCUT2D eigenvalue weighted by molar-refractivity contribution is 0.370. The van der Waals surface area contributed by atoms with Crippen molar-refractivity contribution in [2.45, 2.75) is 40.0 Å². The highest BCUT2D eigenvalue weighted by Gasteiger charge is 2.30. The highest BCUT2D eigenvalue weighted by molar-refractivity contribution is 7.11. The number of guanidine groups is 1. The van der Waals surface area contributed by atoms with Crippen LogP contribution in [0.15, 0.2) is 11.2 Å². The van der Waals surface area contributed by atoms with Crippen LogP contribution in [0.25, 0.3) is 0 Å². The predicted molar refractivity (Wildman–Crippen MR) is 86.5 cm³/mol. The van der Waals surface area contributed by atoms with Crippen molar-refractivity contribution in [3.05, 3.63) is 16.1 Å². The fourth-order valence-electron chi connectivity index (χ4n) is 2.53. The molecule has 112 valence electrons. The van der Waals surface area contributed by atoms with Crippen molar-refractivity contribution >= 4 is 17.3 Å². The normalized spacial score (nSPS) is 18.6. The summed E-state index contributed by atoms with van der Waals surface area (Å²) in [6, 6.07) is 0. The van der Waals surface area contributed by atoms with Crippen molar-refractivity contribution in [1.82, 2.24) is 15.2 Å². The van der Waals surface area contributed by atoms with Gasteiger partial charge in [0.05, 0.1) is 5.01 Å². The molecule has 1 aliphatic heterocycles. The van der Waals surface area contributed by atoms with Crippen LogP contribution in [0.1, 0.15) is 37.1 Å². The van der Waals surface area contributed by atoms with Gasteiger partial charge in [0.15, 0.2) is 5.96 Å². The van der Waals surface area contributed by atoms with E-state index < -0.39 is 0 Å². The van der Waals surface area contributed by atoms with Crippen molar-refractivity contribution in [1.29, 1.82) is 0 Å². The quantitative estimate of drug-likeness (QED) is 0.685. The molecule has 1 aromatic heterocycles. The summed E-state index contributed by atoms with van der Waals surface area (Å²) in [7, 11) is 1.87. The molecule has 0 aliphatic carbocycles. The van der Waals surface area contributed by atoms with Crippen LogP contribution in [0.5, 0.6) is 0 Å². The molecule has 0 radical (unpaired) electrons. The van der Waals surface area contributed by atoms with Gasteiger partial charge >= 0.3 is 0 Å². The molecule has 1 fully saturated rings. The van der Waals surface area contributed by atoms with E-state index in [1.165, 1.54) is 16.3 Å². The number of hydrogen-bond donors (Lipinski definition) is 1. The second-order valence-corrected chi connectivity index (χ2v) is 7.33. The lowest BCUT2D eigenvalue weighted by Crippen LogP contribution is -2.41. The number of aromatic nitrogens is 1. The Kier molecular flexibility index (Phi) is 5.02. The van der Waals surface area contributed by atoms with Crippen LogP contribution in [0.2, 0.25) is 0 Å². The molecular weight excluding hydrogens is 268 g/mol. The van der Waals surface area contributed by atoms with E-state index in [-0.39, 0.29) is 0 Å². The minimum absolute atomic E-state index is 0.406. The highest BCUT2D eigenvalue weighted by atomic mass is 32.1. The van der Waals surface area contributed by atoms with Crippen LogP contribution in [-0.2, 0) is 12.8 Å². The zero-order valence-corrected chi connectivity index (χ0v) is 13.9. The van der Waals surface area contributed by atoms with Crippen molar-refractivity contribution in [2.75, 3.05) is 26.7 Å². The van der Waals surface area contributed by atoms with Crippen LogP contribution in [0, 0.1) is 5.41 Å². The molecule has 0 unspecified atom stereocenters. The molecule has 1 N–H and O–H groups in total. The summed E-state index contributed by atoms with van der Waals surface area (Å²) < 4.78 is 0. The molecular formula is C15H26N4S. The molecule has 1 aliphatic rings. The van der Waals surface area contributed by atoms with E-state index in [1.54, 1.807) is 0 Å². The molecule has 0 bridgehead atoms. The highest BCUT2D eigenvalue weighted by Crippen LogP contribution is 2.28. The Morgan fingerprint density at radius 3 is 2.90 bits per heavy atom. The zero-order valence-electron chi connectivity index (χ0n) is 13.1. The van der Waals surface area contributed by atoms with E-state index in [1.807, 2.05) is 24.6 Å². The van der Waals surface area contributed by atoms with Crippen molar-refractivity contribution in [3.8, 4) is 0 Å². The number of aryl methyl sites for hydroxylation is 1. The first kappa shape index (κ1) is 15.3. The number of rotatable bonds is 4. The van der Waals surface area contributed by atoms with Gasteiger partial charge in [0.25, 0.3) is 0 Å². The minimum atomic E-state index is 0.406. The Morgan fingerprint density at radius 2 is 2.35 bits per heavy atom. The average Bonchev–Trinajstić information content (AvgIpc) is 3.01. The summed E-state index contributed by atoms with van der Waals surface area (Å²) in [6.07, 6.45) is 5.29. The van der Waals surface area contributed by atoms with E-state index in [0.717, 1.165) is 38.4 Å². The fraction of sp³-hybridized carbons (Fsp3) is 0.733. The summed E-state index contributed by atoms with van der Waals surface area (Å²) in [4.78, 5) is 12.6. The first-order valence-electron chi connectivity index (χ1n) is 7.43. The molecule has 4 nitrogen and oxygen atoms in total. The second-order valence-electron chi connectivity index (χ2n) is 6.13. The molecule has 20 heavy (non-hydrogen) atoms. The van der Waals surface area contributed by atoms with Crippen LogP contribution in [-0.4, -0.2) is 42.5 Å². The monoisotopic (exact) mass is 294 g/mol. The SMILES string of the molecule is CCc1cnc(CCNC(=NC)N2CCC(C)(C)C2)s1. The smallest absolute Gasteiger partial charge is 0.193 e. The van der Waals surface area contributed by atoms with Crippen molar-refractivity contribution in [3.63, 3.8) is 0 Å². The van der Waals surface area contributed by atoms with Crippen LogP contribution in [0.4, 0.5) is 0 Å². The predicted octanol–water partition coefficient (Wildman–Crippen LogP) is 2.56. The number of nitrogens with zero attached hydrogens (tertiary/aromatic N) is 3. The topological polar surface area (TPSA) is 40.5 Å². The molecule has 5 heteroatoms. The van der Waals surface area contributed by atoms with Gasteiger partial charge in [-0.2, -0.15) is 0 Å². The Hall–Kier alpha value is -1.10. The van der Waals surface area contributed by atoms with Gasteiger partial charge in [-0.25, -0.2) is 4.98 Å². The van der Waals surface area contributed by atoms with Gasteiger partial charge in [0.1, 0.15) is 0 Å². The number of likely N-dealkylation sites (tertiary alicyclic amines) is 1. The number of nitrogens with one attached hydrogen (secondary N) is 1. The van der Waals surface area contributed by atoms with Crippen molar-refractivity contribution in [2.24, 2.45) is 10.4 Å². The first-order valence-corrected chi connectivity index (χ1v) is 8.25. The van der Waals surface area contributed by atoms with Gasteiger partial charge in [-0.05, 0) is 18.3 Å². The van der Waals surface area contributed by atoms with Gasteiger partial charge in [-0.15, -0.1) is 11.3 Å². The third-order valence-corrected chi connectivity index (χ3v) is 4.96. The summed E-state index contributed by atoms with van der Waals surface area (Å²) in [5, 5.41) is 4.68. The Morgan fingerprint density at radius 1 is 1.55 bits per heavy atom. The molecule has 2 rings (SSSR count). The standard InChI is InChI=1S/C15H26N4S/c1-5-12-10-18-13(20-12)6-8-17-14(16-4)19-9-7-15(2,3)11-19/h10H,5-9,11H2,1-4H3,(H,16,17). The fourth-order valence-corrected chi connectivity index (χ4v) is 3.40. The molecule has 2 heterocycles. The Bertz CT molecular complexity index is 464. The number of hydrogen-bond acceptors (Lipinski definition) is 3. The van der Waals surface area contributed by atoms with Crippen LogP contribution in [0.3, 0.4) is 0 Å². The molecule has 0 spiro atoms. The molecule has 0 saturated carbocycles. The largest absolute Gasteiger partial charge is 0.356 e. The summed E-state index contributed by atoms with van der Waals surface area (Å²) in [6.45, 7) is 9.91. The Balaban J connectivity index is 1.80. The van der Waals surface area contributed by atoms with Gasteiger partial charge in [-0.3, -0.25) is 4.99 Å². The van der Waals surface area contributed by atoms with E-state index in [2.05, 4.69) is 41.0 Å². The molecule has 0 aromatic carbocycles. The second kappa shape index (κ2) is 6.57. The van der Waals surface area contributed by atoms with Gasteiger partial charge in [0, 0.05) is 44.2 Å². The maximum absolute atomic E-state index is 4.46. The van der Waals surface area contributed by atoms with Crippen LogP contribution >= 0.6 is 11.3 Å². The zero-order chi connectivity index (χ0) is 14.6. The number of aliphatic imine (C=N–C) groups is 1. The van der Waals surface area contributed by atoms with E-state index in [4.69, 9.17) is 0 Å². The van der Waals surface area contributed by atoms with Crippen molar-refractivity contribution < 1.29 is 0 Å². The molecule has 1 saturated heterocycles. The summed E-state index contributed by atoms with van der Waals surface area (Å²) >= 11 is 1.82. The number of thiazole rings is 1. The summed E-state index contributed by atoms with van der Waals surface area (Å²) in [5.41, 5.74) is 0.406. The van der Waals surface area contributed by atoms with Gasteiger partial charge in [-0.1, -0.05) is 20.8 Å². The first-order chi connectivity index (χ1) is 9.54. The van der Waals surface area contributed by atoms with E-state index in [0.29, 0.717) is 5.41 Å². The average molecular weight is 294 g/mol. The van der Waals surface area contributed by atoms with Gasteiger partial charge < -0.3 is 10.2 Å². The third kappa shape index (κ3) is 3.95. The van der Waals surface area contributed by atoms with E-state index in [9.17, 15) is 0 Å². The molecule has 0 atom stereocenters. The van der Waals surface area contributed by atoms with Crippen LogP contribution < -0.4 is 5.32 Å². The maximum atomic E-state index is 4.46. The minimum Gasteiger partial charge on any atom is -0.356 e. The molecule has 1 aromatic rings. The maximum Gasteiger partial charge on any atom is 0.193 e. The Labute approximate surface area is 126 Å².